The van der Waals surface area contributed by atoms with Gasteiger partial charge in [-0.2, -0.15) is 4.98 Å². The zero-order valence-electron chi connectivity index (χ0n) is 24.0. The monoisotopic (exact) mass is 548 g/mol. The zero-order valence-corrected chi connectivity index (χ0v) is 24.0. The number of methoxy groups -OCH3 is 2. The molecule has 2 aliphatic rings. The number of piperidine rings is 1. The highest BCUT2D eigenvalue weighted by molar-refractivity contribution is 5.94. The number of anilines is 4. The number of carbonyl (C=O) groups is 1. The third-order valence-electron chi connectivity index (χ3n) is 7.82. The minimum Gasteiger partial charge on any atom is -0.493 e. The van der Waals surface area contributed by atoms with E-state index in [1.54, 1.807) is 14.2 Å². The van der Waals surface area contributed by atoms with Gasteiger partial charge >= 0.3 is 0 Å². The van der Waals surface area contributed by atoms with E-state index in [0.29, 0.717) is 29.8 Å². The summed E-state index contributed by atoms with van der Waals surface area (Å²) >= 11 is 0. The van der Waals surface area contributed by atoms with Crippen molar-refractivity contribution in [2.45, 2.75) is 26.7 Å². The van der Waals surface area contributed by atoms with E-state index in [9.17, 15) is 4.79 Å². The lowest BCUT2D eigenvalue weighted by Crippen LogP contribution is -2.45. The Kier molecular flexibility index (Phi) is 8.74. The highest BCUT2D eigenvalue weighted by atomic mass is 16.5. The summed E-state index contributed by atoms with van der Waals surface area (Å²) < 4.78 is 16.7. The fraction of sp³-hybridized carbons (Fsp3) is 0.500. The number of morpholine rings is 1. The Balaban J connectivity index is 1.47. The van der Waals surface area contributed by atoms with Crippen LogP contribution >= 0.6 is 0 Å². The Morgan fingerprint density at radius 3 is 2.38 bits per heavy atom. The molecule has 2 aliphatic heterocycles. The van der Waals surface area contributed by atoms with E-state index < -0.39 is 0 Å². The van der Waals surface area contributed by atoms with Crippen molar-refractivity contribution in [3.05, 3.63) is 36.4 Å². The first-order valence-corrected chi connectivity index (χ1v) is 14.2. The molecule has 10 heteroatoms. The quantitative estimate of drug-likeness (QED) is 0.420. The lowest BCUT2D eigenvalue weighted by Gasteiger charge is -2.34. The summed E-state index contributed by atoms with van der Waals surface area (Å²) in [5.74, 6) is 2.64. The smallest absolute Gasteiger partial charge is 0.227 e. The summed E-state index contributed by atoms with van der Waals surface area (Å²) in [4.78, 5) is 29.5. The molecule has 0 spiro atoms. The van der Waals surface area contributed by atoms with Gasteiger partial charge in [0, 0.05) is 62.1 Å². The average Bonchev–Trinajstić information content (AvgIpc) is 3.01. The van der Waals surface area contributed by atoms with Crippen molar-refractivity contribution in [1.82, 2.24) is 14.9 Å². The van der Waals surface area contributed by atoms with E-state index >= 15 is 0 Å². The Hall–Kier alpha value is -3.79. The molecule has 0 saturated carbocycles. The van der Waals surface area contributed by atoms with Crippen LogP contribution in [0.3, 0.4) is 0 Å². The second kappa shape index (κ2) is 12.6. The van der Waals surface area contributed by atoms with E-state index in [2.05, 4.69) is 39.4 Å². The van der Waals surface area contributed by atoms with Crippen LogP contribution in [0.2, 0.25) is 0 Å². The van der Waals surface area contributed by atoms with E-state index in [1.807, 2.05) is 30.9 Å². The fourth-order valence-electron chi connectivity index (χ4n) is 5.55. The van der Waals surface area contributed by atoms with Crippen LogP contribution in [-0.4, -0.2) is 87.5 Å². The molecule has 5 rings (SSSR count). The van der Waals surface area contributed by atoms with Crippen LogP contribution < -0.4 is 24.6 Å². The molecule has 0 aliphatic carbocycles. The lowest BCUT2D eigenvalue weighted by atomic mass is 9.96. The van der Waals surface area contributed by atoms with Crippen LogP contribution in [0.25, 0.3) is 10.9 Å². The molecule has 214 valence electrons. The van der Waals surface area contributed by atoms with Crippen molar-refractivity contribution < 1.29 is 19.0 Å². The molecular weight excluding hydrogens is 508 g/mol. The van der Waals surface area contributed by atoms with Gasteiger partial charge in [0.2, 0.25) is 11.9 Å². The van der Waals surface area contributed by atoms with E-state index in [4.69, 9.17) is 24.2 Å². The SMILES string of the molecule is CCN(CC)C(=O)C1CCCN(c2nc(Nc3ccc(N4CCOCC4)cc3)c3cc(OC)c(OC)cc3n2)C1. The zero-order chi connectivity index (χ0) is 28.1. The second-order valence-electron chi connectivity index (χ2n) is 10.2. The normalized spacial score (nSPS) is 17.6. The molecule has 3 aromatic rings. The first-order valence-electron chi connectivity index (χ1n) is 14.2. The topological polar surface area (TPSA) is 92.3 Å². The number of nitrogens with one attached hydrogen (secondary N) is 1. The van der Waals surface area contributed by atoms with Crippen LogP contribution in [0.1, 0.15) is 26.7 Å². The summed E-state index contributed by atoms with van der Waals surface area (Å²) in [5, 5.41) is 4.35. The number of carbonyl (C=O) groups excluding carboxylic acids is 1. The third-order valence-corrected chi connectivity index (χ3v) is 7.82. The van der Waals surface area contributed by atoms with Gasteiger partial charge in [0.25, 0.3) is 0 Å². The number of hydrogen-bond donors (Lipinski definition) is 1. The maximum Gasteiger partial charge on any atom is 0.227 e. The van der Waals surface area contributed by atoms with Gasteiger partial charge in [-0.15, -0.1) is 0 Å². The summed E-state index contributed by atoms with van der Waals surface area (Å²) in [6.07, 6.45) is 1.79. The summed E-state index contributed by atoms with van der Waals surface area (Å²) in [6.45, 7) is 10.2. The molecule has 0 radical (unpaired) electrons. The molecule has 1 N–H and O–H groups in total. The first-order chi connectivity index (χ1) is 19.5. The van der Waals surface area contributed by atoms with Crippen LogP contribution in [0.15, 0.2) is 36.4 Å². The predicted octanol–water partition coefficient (Wildman–Crippen LogP) is 4.31. The van der Waals surface area contributed by atoms with Gasteiger partial charge in [-0.25, -0.2) is 4.98 Å². The van der Waals surface area contributed by atoms with Crippen LogP contribution in [0, 0.1) is 5.92 Å². The largest absolute Gasteiger partial charge is 0.493 e. The molecule has 40 heavy (non-hydrogen) atoms. The first kappa shape index (κ1) is 27.8. The van der Waals surface area contributed by atoms with E-state index in [0.717, 1.165) is 75.4 Å². The van der Waals surface area contributed by atoms with Crippen LogP contribution in [0.4, 0.5) is 23.1 Å². The molecule has 2 aromatic carbocycles. The third kappa shape index (κ3) is 5.86. The Bertz CT molecular complexity index is 1310. The Morgan fingerprint density at radius 2 is 1.70 bits per heavy atom. The molecule has 2 fully saturated rings. The van der Waals surface area contributed by atoms with Gasteiger partial charge < -0.3 is 34.2 Å². The molecule has 1 unspecified atom stereocenters. The van der Waals surface area contributed by atoms with E-state index in [-0.39, 0.29) is 11.8 Å². The minimum absolute atomic E-state index is 0.0671. The minimum atomic E-state index is -0.0671. The van der Waals surface area contributed by atoms with Gasteiger partial charge in [0.15, 0.2) is 11.5 Å². The fourth-order valence-corrected chi connectivity index (χ4v) is 5.55. The Labute approximate surface area is 236 Å². The number of fused-ring (bicyclic) bond motifs is 1. The number of nitrogens with zero attached hydrogens (tertiary/aromatic N) is 5. The lowest BCUT2D eigenvalue weighted by molar-refractivity contribution is -0.135. The molecule has 10 nitrogen and oxygen atoms in total. The number of aromatic nitrogens is 2. The van der Waals surface area contributed by atoms with Crippen LogP contribution in [0.5, 0.6) is 11.5 Å². The standard InChI is InChI=1S/C30H40N6O4/c1-5-34(6-2)29(37)21-8-7-13-36(20-21)30-32-25-19-27(39-4)26(38-3)18-24(25)28(33-30)31-22-9-11-23(12-10-22)35-14-16-40-17-15-35/h9-12,18-19,21H,5-8,13-17,20H2,1-4H3,(H,31,32,33). The number of amides is 1. The number of ether oxygens (including phenoxy) is 3. The van der Waals surface area contributed by atoms with Crippen molar-refractivity contribution in [1.29, 1.82) is 0 Å². The highest BCUT2D eigenvalue weighted by Gasteiger charge is 2.30. The summed E-state index contributed by atoms with van der Waals surface area (Å²) in [6, 6.07) is 12.2. The molecule has 3 heterocycles. The maximum atomic E-state index is 13.2. The average molecular weight is 549 g/mol. The molecule has 0 bridgehead atoms. The van der Waals surface area contributed by atoms with Gasteiger partial charge in [0.1, 0.15) is 5.82 Å². The van der Waals surface area contributed by atoms with Crippen molar-refractivity contribution in [3.63, 3.8) is 0 Å². The Morgan fingerprint density at radius 1 is 1.00 bits per heavy atom. The predicted molar refractivity (Wildman–Crippen MR) is 158 cm³/mol. The summed E-state index contributed by atoms with van der Waals surface area (Å²) in [7, 11) is 3.24. The second-order valence-corrected chi connectivity index (χ2v) is 10.2. The van der Waals surface area contributed by atoms with Gasteiger partial charge in [0.05, 0.1) is 38.9 Å². The maximum absolute atomic E-state index is 13.2. The molecule has 1 atom stereocenters. The summed E-state index contributed by atoms with van der Waals surface area (Å²) in [5.41, 5.74) is 2.84. The molecule has 2 saturated heterocycles. The van der Waals surface area contributed by atoms with Gasteiger partial charge in [-0.3, -0.25) is 4.79 Å². The molecule has 1 amide bonds. The molecule has 1 aromatic heterocycles. The van der Waals surface area contributed by atoms with Gasteiger partial charge in [-0.05, 0) is 57.0 Å². The van der Waals surface area contributed by atoms with E-state index in [1.165, 1.54) is 5.69 Å². The highest BCUT2D eigenvalue weighted by Crippen LogP contribution is 2.36. The van der Waals surface area contributed by atoms with Crippen molar-refractivity contribution in [2.75, 3.05) is 81.8 Å². The number of benzene rings is 2. The number of rotatable bonds is 9. The van der Waals surface area contributed by atoms with Crippen molar-refractivity contribution in [2.24, 2.45) is 5.92 Å². The van der Waals surface area contributed by atoms with Crippen molar-refractivity contribution in [3.8, 4) is 11.5 Å². The van der Waals surface area contributed by atoms with Gasteiger partial charge in [-0.1, -0.05) is 0 Å². The van der Waals surface area contributed by atoms with Crippen LogP contribution in [-0.2, 0) is 9.53 Å². The molecular formula is C30H40N6O4. The number of hydrogen-bond acceptors (Lipinski definition) is 9. The van der Waals surface area contributed by atoms with Crippen molar-refractivity contribution >= 4 is 40.0 Å².